The van der Waals surface area contributed by atoms with E-state index in [-0.39, 0.29) is 18.1 Å². The van der Waals surface area contributed by atoms with E-state index in [1.54, 1.807) is 14.0 Å². The van der Waals surface area contributed by atoms with Crippen molar-refractivity contribution in [3.8, 4) is 0 Å². The highest BCUT2D eigenvalue weighted by atomic mass is 32.1. The van der Waals surface area contributed by atoms with Crippen molar-refractivity contribution in [3.05, 3.63) is 21.1 Å². The molecule has 0 unspecified atom stereocenters. The van der Waals surface area contributed by atoms with Crippen LogP contribution < -0.4 is 10.2 Å². The summed E-state index contributed by atoms with van der Waals surface area (Å²) < 4.78 is 0. The van der Waals surface area contributed by atoms with Crippen LogP contribution in [0.2, 0.25) is 0 Å². The van der Waals surface area contributed by atoms with Crippen molar-refractivity contribution in [1.29, 1.82) is 0 Å². The van der Waals surface area contributed by atoms with E-state index in [4.69, 9.17) is 0 Å². The third-order valence-electron chi connectivity index (χ3n) is 2.62. The van der Waals surface area contributed by atoms with Crippen molar-refractivity contribution in [2.75, 3.05) is 25.0 Å². The molecule has 0 aliphatic carbocycles. The fraction of sp³-hybridized carbons (Fsp3) is 0.583. The van der Waals surface area contributed by atoms with Gasteiger partial charge in [0.05, 0.1) is 17.6 Å². The molecule has 0 aliphatic rings. The molecule has 0 fully saturated rings. The van der Waals surface area contributed by atoms with Crippen LogP contribution in [0.1, 0.15) is 31.2 Å². The smallest absolute Gasteiger partial charge is 0.304 e. The second-order valence-electron chi connectivity index (χ2n) is 4.48. The monoisotopic (exact) mass is 301 g/mol. The summed E-state index contributed by atoms with van der Waals surface area (Å²) >= 11 is 1.12. The van der Waals surface area contributed by atoms with Gasteiger partial charge in [-0.3, -0.25) is 14.9 Å². The largest absolute Gasteiger partial charge is 0.388 e. The number of likely N-dealkylation sites (N-methyl/N-ethyl adjacent to an activating group) is 1. The van der Waals surface area contributed by atoms with Crippen molar-refractivity contribution < 1.29 is 14.8 Å². The Morgan fingerprint density at radius 3 is 2.80 bits per heavy atom. The van der Waals surface area contributed by atoms with Crippen LogP contribution >= 0.6 is 11.3 Å². The first-order valence-corrected chi connectivity index (χ1v) is 7.12. The fourth-order valence-corrected chi connectivity index (χ4v) is 2.63. The van der Waals surface area contributed by atoms with Crippen LogP contribution in [0.4, 0.5) is 10.7 Å². The van der Waals surface area contributed by atoms with Gasteiger partial charge in [0.15, 0.2) is 5.00 Å². The Hall–Kier alpha value is -1.67. The first-order valence-electron chi connectivity index (χ1n) is 6.30. The summed E-state index contributed by atoms with van der Waals surface area (Å²) in [5, 5.41) is 23.6. The molecule has 0 bridgehead atoms. The van der Waals surface area contributed by atoms with Crippen molar-refractivity contribution in [1.82, 2.24) is 5.32 Å². The number of nitrogens with zero attached hydrogens (tertiary/aromatic N) is 2. The van der Waals surface area contributed by atoms with Gasteiger partial charge in [0.25, 0.3) is 0 Å². The van der Waals surface area contributed by atoms with Gasteiger partial charge >= 0.3 is 5.69 Å². The fourth-order valence-electron chi connectivity index (χ4n) is 1.61. The Kier molecular flexibility index (Phi) is 5.90. The van der Waals surface area contributed by atoms with Crippen molar-refractivity contribution in [2.24, 2.45) is 0 Å². The molecule has 0 spiro atoms. The Morgan fingerprint density at radius 1 is 1.65 bits per heavy atom. The zero-order valence-electron chi connectivity index (χ0n) is 11.8. The molecule has 20 heavy (non-hydrogen) atoms. The molecule has 7 nitrogen and oxygen atoms in total. The van der Waals surface area contributed by atoms with Crippen LogP contribution in [-0.4, -0.2) is 36.1 Å². The molecule has 1 atom stereocenters. The van der Waals surface area contributed by atoms with Gasteiger partial charge in [0.2, 0.25) is 5.91 Å². The predicted octanol–water partition coefficient (Wildman–Crippen LogP) is 1.67. The van der Waals surface area contributed by atoms with Gasteiger partial charge in [-0.05, 0) is 13.3 Å². The number of carbonyl (C=O) groups is 1. The minimum atomic E-state index is -0.769. The lowest BCUT2D eigenvalue weighted by atomic mass is 10.3. The number of nitrogens with one attached hydrogen (secondary N) is 1. The molecular weight excluding hydrogens is 282 g/mol. The minimum Gasteiger partial charge on any atom is -0.388 e. The van der Waals surface area contributed by atoms with E-state index in [0.29, 0.717) is 16.4 Å². The standard InChI is InChI=1S/C12H19N3O4S/c1-4-5-13-11(17)7-14(3)12-9(15(18)19)6-10(20-12)8(2)16/h6,8,16H,4-5,7H2,1-3H3,(H,13,17)/t8-/m1/s1. The molecular formula is C12H19N3O4S. The molecule has 0 saturated heterocycles. The summed E-state index contributed by atoms with van der Waals surface area (Å²) in [5.41, 5.74) is -0.0864. The van der Waals surface area contributed by atoms with Gasteiger partial charge in [-0.15, -0.1) is 11.3 Å². The summed E-state index contributed by atoms with van der Waals surface area (Å²) in [4.78, 5) is 24.2. The summed E-state index contributed by atoms with van der Waals surface area (Å²) in [5.74, 6) is -0.185. The molecule has 0 radical (unpaired) electrons. The lowest BCUT2D eigenvalue weighted by molar-refractivity contribution is -0.383. The average Bonchev–Trinajstić information content (AvgIpc) is 2.81. The third-order valence-corrected chi connectivity index (χ3v) is 4.03. The average molecular weight is 301 g/mol. The normalized spacial score (nSPS) is 12.0. The van der Waals surface area contributed by atoms with E-state index in [1.807, 2.05) is 6.92 Å². The Bertz CT molecular complexity index is 487. The third kappa shape index (κ3) is 4.17. The second-order valence-corrected chi connectivity index (χ2v) is 5.54. The molecule has 0 aromatic carbocycles. The van der Waals surface area contributed by atoms with Gasteiger partial charge in [0, 0.05) is 24.5 Å². The lowest BCUT2D eigenvalue weighted by Crippen LogP contribution is -2.35. The van der Waals surface area contributed by atoms with Crippen LogP contribution in [0.5, 0.6) is 0 Å². The maximum absolute atomic E-state index is 11.6. The van der Waals surface area contributed by atoms with E-state index < -0.39 is 11.0 Å². The van der Waals surface area contributed by atoms with E-state index in [2.05, 4.69) is 5.32 Å². The highest BCUT2D eigenvalue weighted by molar-refractivity contribution is 7.16. The zero-order valence-corrected chi connectivity index (χ0v) is 12.6. The number of hydrogen-bond donors (Lipinski definition) is 2. The molecule has 2 N–H and O–H groups in total. The molecule has 8 heteroatoms. The van der Waals surface area contributed by atoms with E-state index in [1.165, 1.54) is 11.0 Å². The summed E-state index contributed by atoms with van der Waals surface area (Å²) in [6, 6.07) is 1.35. The number of amides is 1. The van der Waals surface area contributed by atoms with Gasteiger partial charge < -0.3 is 15.3 Å². The maximum atomic E-state index is 11.6. The zero-order chi connectivity index (χ0) is 15.3. The first-order chi connectivity index (χ1) is 9.36. The predicted molar refractivity (Wildman–Crippen MR) is 78.2 cm³/mol. The summed E-state index contributed by atoms with van der Waals surface area (Å²) in [7, 11) is 1.62. The Balaban J connectivity index is 2.88. The van der Waals surface area contributed by atoms with Crippen LogP contribution in [0.3, 0.4) is 0 Å². The molecule has 1 rings (SSSR count). The van der Waals surface area contributed by atoms with Gasteiger partial charge in [0.1, 0.15) is 0 Å². The highest BCUT2D eigenvalue weighted by Gasteiger charge is 2.24. The second kappa shape index (κ2) is 7.20. The highest BCUT2D eigenvalue weighted by Crippen LogP contribution is 2.39. The van der Waals surface area contributed by atoms with Crippen LogP contribution in [0.15, 0.2) is 6.07 Å². The Labute approximate surface area is 121 Å². The summed E-state index contributed by atoms with van der Waals surface area (Å²) in [6.07, 6.45) is 0.0654. The molecule has 1 heterocycles. The van der Waals surface area contributed by atoms with Crippen LogP contribution in [-0.2, 0) is 4.79 Å². The number of anilines is 1. The van der Waals surface area contributed by atoms with Crippen LogP contribution in [0.25, 0.3) is 0 Å². The topological polar surface area (TPSA) is 95.7 Å². The number of thiophene rings is 1. The summed E-state index contributed by atoms with van der Waals surface area (Å²) in [6.45, 7) is 4.12. The van der Waals surface area contributed by atoms with Crippen molar-refractivity contribution >= 4 is 27.9 Å². The van der Waals surface area contributed by atoms with E-state index in [9.17, 15) is 20.0 Å². The quantitative estimate of drug-likeness (QED) is 0.590. The van der Waals surface area contributed by atoms with Crippen molar-refractivity contribution in [3.63, 3.8) is 0 Å². The molecule has 1 aromatic heterocycles. The number of carbonyl (C=O) groups excluding carboxylic acids is 1. The molecule has 1 aromatic rings. The molecule has 1 amide bonds. The number of nitro groups is 1. The number of aliphatic hydroxyl groups excluding tert-OH is 1. The van der Waals surface area contributed by atoms with Gasteiger partial charge in [-0.1, -0.05) is 6.92 Å². The lowest BCUT2D eigenvalue weighted by Gasteiger charge is -2.16. The van der Waals surface area contributed by atoms with Gasteiger partial charge in [-0.25, -0.2) is 0 Å². The molecule has 0 saturated carbocycles. The molecule has 0 aliphatic heterocycles. The van der Waals surface area contributed by atoms with E-state index >= 15 is 0 Å². The number of aliphatic hydroxyl groups is 1. The minimum absolute atomic E-state index is 0.0423. The van der Waals surface area contributed by atoms with E-state index in [0.717, 1.165) is 17.8 Å². The van der Waals surface area contributed by atoms with Crippen LogP contribution in [0, 0.1) is 10.1 Å². The Morgan fingerprint density at radius 2 is 2.30 bits per heavy atom. The number of rotatable bonds is 7. The first kappa shape index (κ1) is 16.4. The number of hydrogen-bond acceptors (Lipinski definition) is 6. The molecule has 112 valence electrons. The maximum Gasteiger partial charge on any atom is 0.304 e. The van der Waals surface area contributed by atoms with Crippen molar-refractivity contribution in [2.45, 2.75) is 26.4 Å². The van der Waals surface area contributed by atoms with Gasteiger partial charge in [-0.2, -0.15) is 0 Å². The SMILES string of the molecule is CCCNC(=O)CN(C)c1sc([C@@H](C)O)cc1[N+](=O)[O-].